The smallest absolute Gasteiger partial charge is 0.308 e. The molecular formula is C23H29N3O5. The third-order valence-corrected chi connectivity index (χ3v) is 6.85. The van der Waals surface area contributed by atoms with E-state index < -0.39 is 11.9 Å². The summed E-state index contributed by atoms with van der Waals surface area (Å²) in [6.45, 7) is 0.888. The van der Waals surface area contributed by atoms with Crippen LogP contribution in [0.3, 0.4) is 0 Å². The number of nitrogens with one attached hydrogen (secondary N) is 2. The van der Waals surface area contributed by atoms with Gasteiger partial charge in [-0.15, -0.1) is 0 Å². The van der Waals surface area contributed by atoms with Crippen molar-refractivity contribution >= 4 is 29.4 Å². The van der Waals surface area contributed by atoms with Crippen LogP contribution in [0.2, 0.25) is 0 Å². The van der Waals surface area contributed by atoms with Crippen molar-refractivity contribution in [2.24, 2.45) is 11.8 Å². The highest BCUT2D eigenvalue weighted by Crippen LogP contribution is 2.31. The predicted molar refractivity (Wildman–Crippen MR) is 113 cm³/mol. The molecule has 1 aliphatic carbocycles. The Morgan fingerprint density at radius 1 is 0.968 bits per heavy atom. The van der Waals surface area contributed by atoms with Gasteiger partial charge in [0.25, 0.3) is 0 Å². The number of anilines is 1. The number of carbonyl (C=O) groups is 4. The summed E-state index contributed by atoms with van der Waals surface area (Å²) in [7, 11) is 0. The summed E-state index contributed by atoms with van der Waals surface area (Å²) in [5, 5.41) is 15.1. The van der Waals surface area contributed by atoms with Crippen molar-refractivity contribution in [3.8, 4) is 0 Å². The van der Waals surface area contributed by atoms with Crippen LogP contribution in [0.5, 0.6) is 0 Å². The van der Waals surface area contributed by atoms with E-state index in [2.05, 4.69) is 10.6 Å². The maximum Gasteiger partial charge on any atom is 0.308 e. The predicted octanol–water partition coefficient (Wildman–Crippen LogP) is 2.11. The number of nitrogens with zero attached hydrogens (tertiary/aromatic N) is 1. The van der Waals surface area contributed by atoms with Crippen molar-refractivity contribution < 1.29 is 24.3 Å². The van der Waals surface area contributed by atoms with Gasteiger partial charge >= 0.3 is 5.97 Å². The SMILES string of the molecule is O=C1CCC(c2ccc(N[C@H]3CC[C@H](C(=O)N4CC[C@@H](C(=O)O)C4)CC3)cc2)C(=O)N1. The van der Waals surface area contributed by atoms with Gasteiger partial charge in [0.2, 0.25) is 17.7 Å². The molecule has 0 bridgehead atoms. The number of carboxylic acids is 1. The van der Waals surface area contributed by atoms with Gasteiger partial charge in [0.15, 0.2) is 0 Å². The number of likely N-dealkylation sites (tertiary alicyclic amines) is 1. The molecule has 2 heterocycles. The Balaban J connectivity index is 1.25. The van der Waals surface area contributed by atoms with Crippen LogP contribution >= 0.6 is 0 Å². The molecule has 31 heavy (non-hydrogen) atoms. The molecule has 4 rings (SSSR count). The first kappa shape index (κ1) is 21.3. The van der Waals surface area contributed by atoms with E-state index in [1.807, 2.05) is 24.3 Å². The van der Waals surface area contributed by atoms with Gasteiger partial charge in [-0.3, -0.25) is 24.5 Å². The summed E-state index contributed by atoms with van der Waals surface area (Å²) < 4.78 is 0. The first-order chi connectivity index (χ1) is 14.9. The molecule has 8 nitrogen and oxygen atoms in total. The Bertz CT molecular complexity index is 860. The van der Waals surface area contributed by atoms with Crippen LogP contribution in [0.15, 0.2) is 24.3 Å². The van der Waals surface area contributed by atoms with E-state index in [9.17, 15) is 19.2 Å². The van der Waals surface area contributed by atoms with E-state index in [4.69, 9.17) is 5.11 Å². The monoisotopic (exact) mass is 427 g/mol. The summed E-state index contributed by atoms with van der Waals surface area (Å²) in [5.41, 5.74) is 1.89. The van der Waals surface area contributed by atoms with E-state index in [-0.39, 0.29) is 35.6 Å². The molecule has 3 amide bonds. The minimum Gasteiger partial charge on any atom is -0.481 e. The van der Waals surface area contributed by atoms with E-state index in [0.717, 1.165) is 36.9 Å². The van der Waals surface area contributed by atoms with Crippen LogP contribution in [-0.4, -0.2) is 52.8 Å². The lowest BCUT2D eigenvalue weighted by Gasteiger charge is -2.31. The molecular weight excluding hydrogens is 398 g/mol. The zero-order chi connectivity index (χ0) is 22.0. The fourth-order valence-electron chi connectivity index (χ4n) is 4.96. The number of imide groups is 1. The van der Waals surface area contributed by atoms with Crippen LogP contribution in [0.25, 0.3) is 0 Å². The number of aliphatic carboxylic acids is 1. The van der Waals surface area contributed by atoms with Crippen molar-refractivity contribution in [2.45, 2.75) is 56.9 Å². The Hall–Kier alpha value is -2.90. The molecule has 2 atom stereocenters. The number of hydrogen-bond acceptors (Lipinski definition) is 5. The Kier molecular flexibility index (Phi) is 6.25. The summed E-state index contributed by atoms with van der Waals surface area (Å²) in [4.78, 5) is 48.9. The topological polar surface area (TPSA) is 116 Å². The van der Waals surface area contributed by atoms with Crippen LogP contribution in [0.1, 0.15) is 56.4 Å². The molecule has 166 valence electrons. The minimum absolute atomic E-state index is 0.0134. The lowest BCUT2D eigenvalue weighted by Crippen LogP contribution is -2.39. The maximum absolute atomic E-state index is 12.7. The van der Waals surface area contributed by atoms with Crippen LogP contribution < -0.4 is 10.6 Å². The zero-order valence-corrected chi connectivity index (χ0v) is 17.5. The minimum atomic E-state index is -0.813. The van der Waals surface area contributed by atoms with Crippen LogP contribution in [0.4, 0.5) is 5.69 Å². The lowest BCUT2D eigenvalue weighted by atomic mass is 9.85. The summed E-state index contributed by atoms with van der Waals surface area (Å²) in [6, 6.07) is 8.09. The molecule has 0 aromatic heterocycles. The summed E-state index contributed by atoms with van der Waals surface area (Å²) in [6.07, 6.45) is 4.85. The quantitative estimate of drug-likeness (QED) is 0.620. The third-order valence-electron chi connectivity index (χ3n) is 6.85. The third kappa shape index (κ3) is 4.89. The van der Waals surface area contributed by atoms with Crippen molar-refractivity contribution in [2.75, 3.05) is 18.4 Å². The first-order valence-electron chi connectivity index (χ1n) is 11.1. The van der Waals surface area contributed by atoms with Crippen molar-refractivity contribution in [3.05, 3.63) is 29.8 Å². The van der Waals surface area contributed by atoms with Crippen LogP contribution in [-0.2, 0) is 19.2 Å². The molecule has 2 aliphatic heterocycles. The normalized spacial score (nSPS) is 28.8. The molecule has 0 radical (unpaired) electrons. The van der Waals surface area contributed by atoms with Gasteiger partial charge in [-0.2, -0.15) is 0 Å². The Morgan fingerprint density at radius 2 is 1.68 bits per heavy atom. The second-order valence-corrected chi connectivity index (χ2v) is 8.93. The van der Waals surface area contributed by atoms with Crippen LogP contribution in [0, 0.1) is 11.8 Å². The second kappa shape index (κ2) is 9.08. The molecule has 3 fully saturated rings. The first-order valence-corrected chi connectivity index (χ1v) is 11.1. The fourth-order valence-corrected chi connectivity index (χ4v) is 4.96. The number of piperidine rings is 1. The molecule has 3 aliphatic rings. The summed E-state index contributed by atoms with van der Waals surface area (Å²) >= 11 is 0. The van der Waals surface area contributed by atoms with E-state index in [0.29, 0.717) is 32.4 Å². The van der Waals surface area contributed by atoms with Crippen molar-refractivity contribution in [1.82, 2.24) is 10.2 Å². The zero-order valence-electron chi connectivity index (χ0n) is 17.5. The van der Waals surface area contributed by atoms with Gasteiger partial charge in [-0.1, -0.05) is 12.1 Å². The molecule has 8 heteroatoms. The number of rotatable bonds is 5. The number of hydrogen-bond donors (Lipinski definition) is 3. The fraction of sp³-hybridized carbons (Fsp3) is 0.565. The molecule has 0 spiro atoms. The molecule has 3 N–H and O–H groups in total. The van der Waals surface area contributed by atoms with Gasteiger partial charge in [0.05, 0.1) is 11.8 Å². The molecule has 1 aromatic carbocycles. The van der Waals surface area contributed by atoms with Crippen molar-refractivity contribution in [3.63, 3.8) is 0 Å². The number of carbonyl (C=O) groups excluding carboxylic acids is 3. The van der Waals surface area contributed by atoms with Gasteiger partial charge in [-0.05, 0) is 56.2 Å². The average Bonchev–Trinajstić information content (AvgIpc) is 3.25. The largest absolute Gasteiger partial charge is 0.481 e. The molecule has 1 unspecified atom stereocenters. The van der Waals surface area contributed by atoms with Gasteiger partial charge < -0.3 is 15.3 Å². The van der Waals surface area contributed by atoms with Gasteiger partial charge in [0, 0.05) is 37.2 Å². The number of benzene rings is 1. The highest BCUT2D eigenvalue weighted by molar-refractivity contribution is 6.00. The second-order valence-electron chi connectivity index (χ2n) is 8.93. The number of amides is 3. The Labute approximate surface area is 181 Å². The van der Waals surface area contributed by atoms with Crippen molar-refractivity contribution in [1.29, 1.82) is 0 Å². The van der Waals surface area contributed by atoms with Gasteiger partial charge in [0.1, 0.15) is 0 Å². The summed E-state index contributed by atoms with van der Waals surface area (Å²) in [5.74, 6) is -1.86. The highest BCUT2D eigenvalue weighted by Gasteiger charge is 2.35. The maximum atomic E-state index is 12.7. The Morgan fingerprint density at radius 3 is 2.29 bits per heavy atom. The average molecular weight is 428 g/mol. The lowest BCUT2D eigenvalue weighted by molar-refractivity contribution is -0.142. The molecule has 2 saturated heterocycles. The van der Waals surface area contributed by atoms with E-state index in [1.54, 1.807) is 4.90 Å². The highest BCUT2D eigenvalue weighted by atomic mass is 16.4. The number of carboxylic acid groups (broad SMARTS) is 1. The molecule has 1 aromatic rings. The standard InChI is InChI=1S/C23H29N3O5/c27-20-10-9-19(21(28)25-20)14-1-5-17(6-2-14)24-18-7-3-15(4-8-18)22(29)26-12-11-16(13-26)23(30)31/h1-2,5-6,15-16,18-19,24H,3-4,7-13H2,(H,30,31)(H,25,27,28)/t15-,16-,18-,19?/m1/s1. The van der Waals surface area contributed by atoms with Gasteiger partial charge in [-0.25, -0.2) is 0 Å². The van der Waals surface area contributed by atoms with E-state index in [1.165, 1.54) is 0 Å². The van der Waals surface area contributed by atoms with E-state index >= 15 is 0 Å². The molecule has 1 saturated carbocycles.